The Labute approximate surface area is 86.9 Å². The number of hydrogen-bond acceptors (Lipinski definition) is 2. The second-order valence-corrected chi connectivity index (χ2v) is 3.09. The van der Waals surface area contributed by atoms with Crippen LogP contribution in [-0.2, 0) is 9.47 Å². The molecule has 80 valence electrons. The molecule has 2 nitrogen and oxygen atoms in total. The van der Waals surface area contributed by atoms with Crippen molar-refractivity contribution in [2.24, 2.45) is 0 Å². The van der Waals surface area contributed by atoms with Crippen LogP contribution in [0.1, 0.15) is 13.8 Å². The molecule has 0 bridgehead atoms. The molecule has 0 N–H and O–H groups in total. The zero-order valence-corrected chi connectivity index (χ0v) is 9.21. The molecule has 2 heteroatoms. The smallest absolute Gasteiger partial charge is 0.0712 e. The fourth-order valence-corrected chi connectivity index (χ4v) is 0.774. The van der Waals surface area contributed by atoms with Crippen molar-refractivity contribution in [2.45, 2.75) is 13.8 Å². The fourth-order valence-electron chi connectivity index (χ4n) is 0.774. The van der Waals surface area contributed by atoms with Crippen LogP contribution in [0.5, 0.6) is 0 Å². The summed E-state index contributed by atoms with van der Waals surface area (Å²) in [5, 5.41) is 0. The molecule has 0 heterocycles. The van der Waals surface area contributed by atoms with E-state index in [0.29, 0.717) is 19.8 Å². The molecule has 0 aromatic carbocycles. The molecule has 0 aliphatic heterocycles. The fraction of sp³-hybridized carbons (Fsp3) is 0.500. The number of ether oxygens (including phenoxy) is 2. The Kier molecular flexibility index (Phi) is 8.19. The highest BCUT2D eigenvalue weighted by Crippen LogP contribution is 1.97. The Morgan fingerprint density at radius 2 is 1.79 bits per heavy atom. The Morgan fingerprint density at radius 3 is 2.36 bits per heavy atom. The summed E-state index contributed by atoms with van der Waals surface area (Å²) >= 11 is 0. The Morgan fingerprint density at radius 1 is 1.14 bits per heavy atom. The first-order valence-corrected chi connectivity index (χ1v) is 4.83. The average molecular weight is 196 g/mol. The van der Waals surface area contributed by atoms with Crippen molar-refractivity contribution in [2.75, 3.05) is 26.4 Å². The van der Waals surface area contributed by atoms with Crippen LogP contribution in [-0.4, -0.2) is 26.4 Å². The van der Waals surface area contributed by atoms with E-state index in [9.17, 15) is 0 Å². The van der Waals surface area contributed by atoms with Crippen LogP contribution >= 0.6 is 0 Å². The van der Waals surface area contributed by atoms with E-state index in [1.165, 1.54) is 0 Å². The van der Waals surface area contributed by atoms with E-state index in [2.05, 4.69) is 13.2 Å². The Balaban J connectivity index is 3.40. The lowest BCUT2D eigenvalue weighted by molar-refractivity contribution is 0.0628. The molecular formula is C12H20O2. The molecule has 0 unspecified atom stereocenters. The predicted octanol–water partition coefficient (Wildman–Crippen LogP) is 2.73. The molecule has 14 heavy (non-hydrogen) atoms. The summed E-state index contributed by atoms with van der Waals surface area (Å²) < 4.78 is 10.5. The number of hydrogen-bond donors (Lipinski definition) is 0. The first kappa shape index (κ1) is 13.1. The van der Waals surface area contributed by atoms with E-state index in [1.807, 2.05) is 26.0 Å². The SMILES string of the molecule is C=C(C)/C=C\C(=C)COCCOCC. The van der Waals surface area contributed by atoms with E-state index in [1.54, 1.807) is 0 Å². The van der Waals surface area contributed by atoms with E-state index >= 15 is 0 Å². The lowest BCUT2D eigenvalue weighted by Gasteiger charge is -2.03. The summed E-state index contributed by atoms with van der Waals surface area (Å²) in [5.41, 5.74) is 1.96. The highest BCUT2D eigenvalue weighted by Gasteiger charge is 1.90. The molecule has 0 saturated carbocycles. The van der Waals surface area contributed by atoms with E-state index < -0.39 is 0 Å². The van der Waals surface area contributed by atoms with E-state index in [4.69, 9.17) is 9.47 Å². The van der Waals surface area contributed by atoms with Gasteiger partial charge in [-0.05, 0) is 19.4 Å². The largest absolute Gasteiger partial charge is 0.379 e. The minimum absolute atomic E-state index is 0.552. The zero-order chi connectivity index (χ0) is 10.8. The van der Waals surface area contributed by atoms with Crippen molar-refractivity contribution in [3.8, 4) is 0 Å². The van der Waals surface area contributed by atoms with Gasteiger partial charge >= 0.3 is 0 Å². The van der Waals surface area contributed by atoms with Crippen molar-refractivity contribution in [1.82, 2.24) is 0 Å². The summed E-state index contributed by atoms with van der Waals surface area (Å²) in [6, 6.07) is 0. The van der Waals surface area contributed by atoms with Gasteiger partial charge in [0, 0.05) is 6.61 Å². The molecule has 0 rings (SSSR count). The van der Waals surface area contributed by atoms with Crippen molar-refractivity contribution in [3.63, 3.8) is 0 Å². The third-order valence-electron chi connectivity index (χ3n) is 1.47. The quantitative estimate of drug-likeness (QED) is 0.439. The molecule has 0 spiro atoms. The maximum Gasteiger partial charge on any atom is 0.0712 e. The molecule has 0 aliphatic rings. The molecule has 0 aliphatic carbocycles. The highest BCUT2D eigenvalue weighted by atomic mass is 16.5. The van der Waals surface area contributed by atoms with Gasteiger partial charge in [0.15, 0.2) is 0 Å². The molecule has 0 aromatic heterocycles. The Hall–Kier alpha value is -0.860. The second kappa shape index (κ2) is 8.73. The third-order valence-corrected chi connectivity index (χ3v) is 1.47. The average Bonchev–Trinajstić information content (AvgIpc) is 2.14. The maximum absolute atomic E-state index is 5.32. The molecule has 0 aromatic rings. The van der Waals surface area contributed by atoms with Gasteiger partial charge in [-0.25, -0.2) is 0 Å². The van der Waals surface area contributed by atoms with Crippen molar-refractivity contribution in [3.05, 3.63) is 36.5 Å². The molecular weight excluding hydrogens is 176 g/mol. The van der Waals surface area contributed by atoms with Gasteiger partial charge in [-0.2, -0.15) is 0 Å². The van der Waals surface area contributed by atoms with Gasteiger partial charge in [0.25, 0.3) is 0 Å². The summed E-state index contributed by atoms with van der Waals surface area (Å²) in [6.45, 7) is 14.1. The van der Waals surface area contributed by atoms with Gasteiger partial charge < -0.3 is 9.47 Å². The lowest BCUT2D eigenvalue weighted by atomic mass is 10.2. The van der Waals surface area contributed by atoms with Gasteiger partial charge in [0.05, 0.1) is 19.8 Å². The predicted molar refractivity (Wildman–Crippen MR) is 60.4 cm³/mol. The van der Waals surface area contributed by atoms with Crippen molar-refractivity contribution < 1.29 is 9.47 Å². The molecule has 0 fully saturated rings. The first-order valence-electron chi connectivity index (χ1n) is 4.83. The van der Waals surface area contributed by atoms with E-state index in [-0.39, 0.29) is 0 Å². The molecule has 0 saturated heterocycles. The molecule has 0 atom stereocenters. The second-order valence-electron chi connectivity index (χ2n) is 3.09. The minimum Gasteiger partial charge on any atom is -0.379 e. The standard InChI is InChI=1S/C12H20O2/c1-5-13-8-9-14-10-12(4)7-6-11(2)3/h6-7H,2,4-5,8-10H2,1,3H3/b7-6-. The summed E-state index contributed by atoms with van der Waals surface area (Å²) in [6.07, 6.45) is 3.84. The third kappa shape index (κ3) is 9.23. The van der Waals surface area contributed by atoms with Gasteiger partial charge in [-0.3, -0.25) is 0 Å². The van der Waals surface area contributed by atoms with Crippen molar-refractivity contribution >= 4 is 0 Å². The Bertz CT molecular complexity index is 204. The first-order chi connectivity index (χ1) is 6.66. The summed E-state index contributed by atoms with van der Waals surface area (Å²) in [5.74, 6) is 0. The van der Waals surface area contributed by atoms with E-state index in [0.717, 1.165) is 17.8 Å². The van der Waals surface area contributed by atoms with Crippen LogP contribution in [0.25, 0.3) is 0 Å². The van der Waals surface area contributed by atoms with Crippen LogP contribution < -0.4 is 0 Å². The minimum atomic E-state index is 0.552. The van der Waals surface area contributed by atoms with Crippen LogP contribution in [0.2, 0.25) is 0 Å². The van der Waals surface area contributed by atoms with Gasteiger partial charge in [0.1, 0.15) is 0 Å². The van der Waals surface area contributed by atoms with Crippen LogP contribution in [0.3, 0.4) is 0 Å². The lowest BCUT2D eigenvalue weighted by Crippen LogP contribution is -2.05. The molecule has 0 radical (unpaired) electrons. The normalized spacial score (nSPS) is 10.7. The van der Waals surface area contributed by atoms with Gasteiger partial charge in [0.2, 0.25) is 0 Å². The maximum atomic E-state index is 5.32. The topological polar surface area (TPSA) is 18.5 Å². The van der Waals surface area contributed by atoms with Crippen LogP contribution in [0, 0.1) is 0 Å². The number of rotatable bonds is 8. The summed E-state index contributed by atoms with van der Waals surface area (Å²) in [7, 11) is 0. The van der Waals surface area contributed by atoms with Crippen LogP contribution in [0.15, 0.2) is 36.5 Å². The highest BCUT2D eigenvalue weighted by molar-refractivity contribution is 5.23. The monoisotopic (exact) mass is 196 g/mol. The molecule has 0 amide bonds. The van der Waals surface area contributed by atoms with Gasteiger partial charge in [-0.1, -0.05) is 30.9 Å². The van der Waals surface area contributed by atoms with Gasteiger partial charge in [-0.15, -0.1) is 0 Å². The van der Waals surface area contributed by atoms with Crippen molar-refractivity contribution in [1.29, 1.82) is 0 Å². The summed E-state index contributed by atoms with van der Waals surface area (Å²) in [4.78, 5) is 0. The zero-order valence-electron chi connectivity index (χ0n) is 9.21. The van der Waals surface area contributed by atoms with Crippen LogP contribution in [0.4, 0.5) is 0 Å². The number of allylic oxidation sites excluding steroid dienone is 2.